The SMILES string of the molecule is Cc1ccc(CN[C@H](C)c2cccc(F)c2)cn1. The molecule has 94 valence electrons. The molecule has 0 fully saturated rings. The number of hydrogen-bond donors (Lipinski definition) is 1. The number of rotatable bonds is 4. The molecule has 0 amide bonds. The number of aryl methyl sites for hydroxylation is 1. The van der Waals surface area contributed by atoms with Crippen LogP contribution in [0.5, 0.6) is 0 Å². The van der Waals surface area contributed by atoms with Crippen LogP contribution in [0.25, 0.3) is 0 Å². The van der Waals surface area contributed by atoms with E-state index in [4.69, 9.17) is 0 Å². The third-order valence-electron chi connectivity index (χ3n) is 2.93. The molecule has 0 aliphatic carbocycles. The summed E-state index contributed by atoms with van der Waals surface area (Å²) in [5, 5.41) is 3.36. The standard InChI is InChI=1S/C15H17FN2/c1-11-6-7-13(9-17-11)10-18-12(2)14-4-3-5-15(16)8-14/h3-9,12,18H,10H2,1-2H3/t12-/m1/s1. The number of nitrogens with zero attached hydrogens (tertiary/aromatic N) is 1. The molecule has 0 aliphatic heterocycles. The predicted molar refractivity (Wildman–Crippen MR) is 70.6 cm³/mol. The third kappa shape index (κ3) is 3.37. The highest BCUT2D eigenvalue weighted by atomic mass is 19.1. The van der Waals surface area contributed by atoms with Gasteiger partial charge in [0.25, 0.3) is 0 Å². The minimum absolute atomic E-state index is 0.113. The summed E-state index contributed by atoms with van der Waals surface area (Å²) in [7, 11) is 0. The van der Waals surface area contributed by atoms with Crippen LogP contribution in [0.1, 0.15) is 29.8 Å². The van der Waals surface area contributed by atoms with Crippen molar-refractivity contribution in [2.24, 2.45) is 0 Å². The van der Waals surface area contributed by atoms with Crippen LogP contribution in [-0.4, -0.2) is 4.98 Å². The molecular weight excluding hydrogens is 227 g/mol. The van der Waals surface area contributed by atoms with E-state index in [0.29, 0.717) is 0 Å². The summed E-state index contributed by atoms with van der Waals surface area (Å²) in [6.45, 7) is 4.72. The van der Waals surface area contributed by atoms with Crippen LogP contribution in [0.4, 0.5) is 4.39 Å². The van der Waals surface area contributed by atoms with Crippen molar-refractivity contribution in [3.63, 3.8) is 0 Å². The number of nitrogens with one attached hydrogen (secondary N) is 1. The summed E-state index contributed by atoms with van der Waals surface area (Å²) in [6.07, 6.45) is 1.86. The number of benzene rings is 1. The van der Waals surface area contributed by atoms with Crippen LogP contribution in [0, 0.1) is 12.7 Å². The molecule has 0 saturated carbocycles. The largest absolute Gasteiger partial charge is 0.306 e. The summed E-state index contributed by atoms with van der Waals surface area (Å²) in [5.74, 6) is -0.196. The molecule has 0 bridgehead atoms. The maximum Gasteiger partial charge on any atom is 0.123 e. The van der Waals surface area contributed by atoms with Crippen molar-refractivity contribution in [1.82, 2.24) is 10.3 Å². The van der Waals surface area contributed by atoms with Gasteiger partial charge in [-0.1, -0.05) is 18.2 Å². The Morgan fingerprint density at radius 1 is 1.28 bits per heavy atom. The predicted octanol–water partition coefficient (Wildman–Crippen LogP) is 3.38. The van der Waals surface area contributed by atoms with Crippen molar-refractivity contribution in [2.75, 3.05) is 0 Å². The van der Waals surface area contributed by atoms with E-state index in [-0.39, 0.29) is 11.9 Å². The lowest BCUT2D eigenvalue weighted by molar-refractivity contribution is 0.564. The van der Waals surface area contributed by atoms with Crippen molar-refractivity contribution >= 4 is 0 Å². The fourth-order valence-corrected chi connectivity index (χ4v) is 1.77. The molecule has 0 radical (unpaired) electrons. The second kappa shape index (κ2) is 5.74. The number of halogens is 1. The van der Waals surface area contributed by atoms with Crippen LogP contribution >= 0.6 is 0 Å². The molecule has 1 heterocycles. The molecule has 2 aromatic rings. The van der Waals surface area contributed by atoms with Gasteiger partial charge in [-0.3, -0.25) is 4.98 Å². The van der Waals surface area contributed by atoms with E-state index in [1.165, 1.54) is 6.07 Å². The van der Waals surface area contributed by atoms with Gasteiger partial charge in [0.05, 0.1) is 0 Å². The normalized spacial score (nSPS) is 12.4. The average Bonchev–Trinajstić information content (AvgIpc) is 2.38. The molecule has 1 N–H and O–H groups in total. The quantitative estimate of drug-likeness (QED) is 0.891. The Labute approximate surface area is 107 Å². The molecule has 2 nitrogen and oxygen atoms in total. The first-order valence-electron chi connectivity index (χ1n) is 6.05. The first kappa shape index (κ1) is 12.7. The minimum atomic E-state index is -0.196. The van der Waals surface area contributed by atoms with Crippen molar-refractivity contribution in [3.05, 3.63) is 65.2 Å². The second-order valence-corrected chi connectivity index (χ2v) is 4.47. The third-order valence-corrected chi connectivity index (χ3v) is 2.93. The zero-order valence-electron chi connectivity index (χ0n) is 10.7. The van der Waals surface area contributed by atoms with Crippen molar-refractivity contribution in [2.45, 2.75) is 26.4 Å². The topological polar surface area (TPSA) is 24.9 Å². The molecule has 0 spiro atoms. The highest BCUT2D eigenvalue weighted by Gasteiger charge is 2.05. The second-order valence-electron chi connectivity index (χ2n) is 4.47. The lowest BCUT2D eigenvalue weighted by Crippen LogP contribution is -2.18. The summed E-state index contributed by atoms with van der Waals surface area (Å²) < 4.78 is 13.1. The lowest BCUT2D eigenvalue weighted by Gasteiger charge is -2.14. The molecule has 0 saturated heterocycles. The summed E-state index contributed by atoms with van der Waals surface area (Å²) in [5.41, 5.74) is 3.09. The number of pyridine rings is 1. The monoisotopic (exact) mass is 244 g/mol. The van der Waals surface area contributed by atoms with E-state index >= 15 is 0 Å². The Bertz CT molecular complexity index is 508. The smallest absolute Gasteiger partial charge is 0.123 e. The van der Waals surface area contributed by atoms with Crippen LogP contribution in [0.3, 0.4) is 0 Å². The summed E-state index contributed by atoms with van der Waals surface area (Å²) in [6, 6.07) is 10.8. The van der Waals surface area contributed by atoms with Crippen molar-refractivity contribution in [3.8, 4) is 0 Å². The van der Waals surface area contributed by atoms with Crippen molar-refractivity contribution in [1.29, 1.82) is 0 Å². The van der Waals surface area contributed by atoms with Crippen LogP contribution < -0.4 is 5.32 Å². The number of hydrogen-bond acceptors (Lipinski definition) is 2. The van der Waals surface area contributed by atoms with Gasteiger partial charge in [0.15, 0.2) is 0 Å². The van der Waals surface area contributed by atoms with Crippen LogP contribution in [0.2, 0.25) is 0 Å². The number of aromatic nitrogens is 1. The maximum atomic E-state index is 13.1. The molecule has 2 rings (SSSR count). The van der Waals surface area contributed by atoms with Gasteiger partial charge < -0.3 is 5.32 Å². The van der Waals surface area contributed by atoms with Gasteiger partial charge in [-0.15, -0.1) is 0 Å². The zero-order valence-corrected chi connectivity index (χ0v) is 10.7. The molecule has 18 heavy (non-hydrogen) atoms. The molecule has 0 unspecified atom stereocenters. The van der Waals surface area contributed by atoms with Gasteiger partial charge in [0.2, 0.25) is 0 Å². The minimum Gasteiger partial charge on any atom is -0.306 e. The first-order chi connectivity index (χ1) is 8.65. The molecule has 1 aromatic carbocycles. The van der Waals surface area contributed by atoms with E-state index in [2.05, 4.69) is 10.3 Å². The van der Waals surface area contributed by atoms with Crippen molar-refractivity contribution < 1.29 is 4.39 Å². The molecule has 3 heteroatoms. The van der Waals surface area contributed by atoms with Crippen LogP contribution in [0.15, 0.2) is 42.6 Å². The Balaban J connectivity index is 1.96. The van der Waals surface area contributed by atoms with Crippen LogP contribution in [-0.2, 0) is 6.54 Å². The lowest BCUT2D eigenvalue weighted by atomic mass is 10.1. The Hall–Kier alpha value is -1.74. The fraction of sp³-hybridized carbons (Fsp3) is 0.267. The Morgan fingerprint density at radius 2 is 2.11 bits per heavy atom. The van der Waals surface area contributed by atoms with Gasteiger partial charge in [-0.25, -0.2) is 4.39 Å². The van der Waals surface area contributed by atoms with E-state index in [1.807, 2.05) is 38.2 Å². The zero-order chi connectivity index (χ0) is 13.0. The Kier molecular flexibility index (Phi) is 4.05. The summed E-state index contributed by atoms with van der Waals surface area (Å²) in [4.78, 5) is 4.24. The van der Waals surface area contributed by atoms with Gasteiger partial charge in [0, 0.05) is 24.5 Å². The van der Waals surface area contributed by atoms with Gasteiger partial charge in [0.1, 0.15) is 5.82 Å². The molecule has 1 atom stereocenters. The van der Waals surface area contributed by atoms with E-state index in [1.54, 1.807) is 12.1 Å². The first-order valence-corrected chi connectivity index (χ1v) is 6.05. The van der Waals surface area contributed by atoms with E-state index < -0.39 is 0 Å². The average molecular weight is 244 g/mol. The molecular formula is C15H17FN2. The fourth-order valence-electron chi connectivity index (χ4n) is 1.77. The highest BCUT2D eigenvalue weighted by molar-refractivity contribution is 5.20. The van der Waals surface area contributed by atoms with E-state index in [9.17, 15) is 4.39 Å². The molecule has 1 aromatic heterocycles. The molecule has 0 aliphatic rings. The maximum absolute atomic E-state index is 13.1. The van der Waals surface area contributed by atoms with Gasteiger partial charge in [-0.2, -0.15) is 0 Å². The Morgan fingerprint density at radius 3 is 2.78 bits per heavy atom. The van der Waals surface area contributed by atoms with E-state index in [0.717, 1.165) is 23.4 Å². The van der Waals surface area contributed by atoms with Gasteiger partial charge >= 0.3 is 0 Å². The van der Waals surface area contributed by atoms with Gasteiger partial charge in [-0.05, 0) is 43.2 Å². The highest BCUT2D eigenvalue weighted by Crippen LogP contribution is 2.14. The summed E-state index contributed by atoms with van der Waals surface area (Å²) >= 11 is 0.